The molecule has 6 heteroatoms. The third-order valence-electron chi connectivity index (χ3n) is 5.24. The van der Waals surface area contributed by atoms with E-state index in [0.29, 0.717) is 23.9 Å². The van der Waals surface area contributed by atoms with Crippen LogP contribution in [0.2, 0.25) is 5.02 Å². The van der Waals surface area contributed by atoms with Gasteiger partial charge in [0.2, 0.25) is 5.91 Å². The van der Waals surface area contributed by atoms with E-state index in [9.17, 15) is 13.2 Å². The molecule has 1 saturated heterocycles. The predicted molar refractivity (Wildman–Crippen MR) is 113 cm³/mol. The Balaban J connectivity index is 1.80. The van der Waals surface area contributed by atoms with Crippen molar-refractivity contribution in [2.24, 2.45) is 0 Å². The molecule has 1 unspecified atom stereocenters. The highest BCUT2D eigenvalue weighted by Gasteiger charge is 2.34. The molecule has 1 amide bonds. The van der Waals surface area contributed by atoms with Gasteiger partial charge < -0.3 is 4.90 Å². The van der Waals surface area contributed by atoms with Crippen molar-refractivity contribution >= 4 is 27.3 Å². The van der Waals surface area contributed by atoms with Crippen LogP contribution in [0.5, 0.6) is 0 Å². The van der Waals surface area contributed by atoms with Gasteiger partial charge in [0, 0.05) is 17.6 Å². The normalized spacial score (nSPS) is 18.4. The molecular formula is C22H26ClNO3S. The third kappa shape index (κ3) is 5.36. The summed E-state index contributed by atoms with van der Waals surface area (Å²) in [4.78, 5) is 14.8. The second kappa shape index (κ2) is 8.66. The van der Waals surface area contributed by atoms with E-state index in [2.05, 4.69) is 26.0 Å². The summed E-state index contributed by atoms with van der Waals surface area (Å²) >= 11 is 5.93. The van der Waals surface area contributed by atoms with Gasteiger partial charge in [-0.25, -0.2) is 8.42 Å². The number of carbonyl (C=O) groups excluding carboxylic acids is 1. The Labute approximate surface area is 172 Å². The van der Waals surface area contributed by atoms with Crippen molar-refractivity contribution in [1.82, 2.24) is 4.90 Å². The van der Waals surface area contributed by atoms with Gasteiger partial charge in [-0.1, -0.05) is 61.8 Å². The topological polar surface area (TPSA) is 54.5 Å². The molecule has 0 aliphatic carbocycles. The molecule has 1 aliphatic heterocycles. The Kier molecular flexibility index (Phi) is 6.46. The van der Waals surface area contributed by atoms with Gasteiger partial charge in [-0.2, -0.15) is 0 Å². The van der Waals surface area contributed by atoms with Crippen molar-refractivity contribution in [2.75, 3.05) is 11.5 Å². The Morgan fingerprint density at radius 3 is 2.21 bits per heavy atom. The molecule has 3 rings (SSSR count). The van der Waals surface area contributed by atoms with E-state index < -0.39 is 9.84 Å². The highest BCUT2D eigenvalue weighted by Crippen LogP contribution is 2.23. The van der Waals surface area contributed by atoms with E-state index >= 15 is 0 Å². The lowest BCUT2D eigenvalue weighted by molar-refractivity contribution is -0.133. The summed E-state index contributed by atoms with van der Waals surface area (Å²) in [6.07, 6.45) is 0.733. The summed E-state index contributed by atoms with van der Waals surface area (Å²) in [6, 6.07) is 15.1. The van der Waals surface area contributed by atoms with Gasteiger partial charge in [-0.15, -0.1) is 0 Å². The van der Waals surface area contributed by atoms with Crippen LogP contribution in [0, 0.1) is 0 Å². The molecule has 2 aromatic carbocycles. The average Bonchev–Trinajstić information content (AvgIpc) is 3.01. The molecule has 0 saturated carbocycles. The smallest absolute Gasteiger partial charge is 0.227 e. The molecule has 4 nitrogen and oxygen atoms in total. The molecule has 150 valence electrons. The first kappa shape index (κ1) is 20.9. The van der Waals surface area contributed by atoms with Crippen LogP contribution in [0.15, 0.2) is 48.5 Å². The largest absolute Gasteiger partial charge is 0.334 e. The van der Waals surface area contributed by atoms with Crippen LogP contribution in [-0.2, 0) is 27.6 Å². The molecule has 1 aliphatic rings. The number of sulfone groups is 1. The van der Waals surface area contributed by atoms with E-state index in [1.807, 2.05) is 24.3 Å². The van der Waals surface area contributed by atoms with Crippen LogP contribution in [0.1, 0.15) is 42.9 Å². The summed E-state index contributed by atoms with van der Waals surface area (Å²) in [6.45, 7) is 4.70. The molecule has 28 heavy (non-hydrogen) atoms. The first-order valence-electron chi connectivity index (χ1n) is 9.57. The Bertz CT molecular complexity index is 921. The van der Waals surface area contributed by atoms with Gasteiger partial charge in [-0.3, -0.25) is 4.79 Å². The number of benzene rings is 2. The third-order valence-corrected chi connectivity index (χ3v) is 7.24. The molecule has 1 heterocycles. The van der Waals surface area contributed by atoms with Crippen LogP contribution in [0.3, 0.4) is 0 Å². The second-order valence-corrected chi connectivity index (χ2v) is 10.4. The lowest BCUT2D eigenvalue weighted by Crippen LogP contribution is -2.41. The van der Waals surface area contributed by atoms with Crippen molar-refractivity contribution in [3.8, 4) is 0 Å². The lowest BCUT2D eigenvalue weighted by Gasteiger charge is -2.29. The number of nitrogens with zero attached hydrogens (tertiary/aromatic N) is 1. The van der Waals surface area contributed by atoms with Crippen molar-refractivity contribution in [3.63, 3.8) is 0 Å². The minimum absolute atomic E-state index is 0.0451. The summed E-state index contributed by atoms with van der Waals surface area (Å²) < 4.78 is 24.0. The second-order valence-electron chi connectivity index (χ2n) is 7.78. The SMILES string of the molecule is CC(C)c1ccc(CN(C(=O)Cc2ccc(Cl)cc2)C2CCS(=O)(=O)C2)cc1. The van der Waals surface area contributed by atoms with Crippen molar-refractivity contribution in [1.29, 1.82) is 0 Å². The van der Waals surface area contributed by atoms with E-state index in [0.717, 1.165) is 11.1 Å². The molecule has 0 bridgehead atoms. The summed E-state index contributed by atoms with van der Waals surface area (Å²) in [5.41, 5.74) is 3.12. The van der Waals surface area contributed by atoms with Crippen LogP contribution in [0.25, 0.3) is 0 Å². The zero-order valence-electron chi connectivity index (χ0n) is 16.3. The molecule has 0 aromatic heterocycles. The average molecular weight is 420 g/mol. The monoisotopic (exact) mass is 419 g/mol. The summed E-state index contributed by atoms with van der Waals surface area (Å²) in [5.74, 6) is 0.576. The Morgan fingerprint density at radius 1 is 1.07 bits per heavy atom. The fourth-order valence-corrected chi connectivity index (χ4v) is 5.38. The number of hydrogen-bond acceptors (Lipinski definition) is 3. The molecule has 0 spiro atoms. The van der Waals surface area contributed by atoms with Crippen molar-refractivity contribution in [2.45, 2.75) is 45.2 Å². The number of rotatable bonds is 6. The molecule has 1 fully saturated rings. The maximum absolute atomic E-state index is 13.1. The number of hydrogen-bond donors (Lipinski definition) is 0. The van der Waals surface area contributed by atoms with Crippen LogP contribution in [0.4, 0.5) is 0 Å². The van der Waals surface area contributed by atoms with E-state index in [-0.39, 0.29) is 29.9 Å². The standard InChI is InChI=1S/C22H26ClNO3S/c1-16(2)19-7-3-18(4-8-19)14-24(21-11-12-28(26,27)15-21)22(25)13-17-5-9-20(23)10-6-17/h3-10,16,21H,11-15H2,1-2H3. The highest BCUT2D eigenvalue weighted by molar-refractivity contribution is 7.91. The first-order chi connectivity index (χ1) is 13.2. The van der Waals surface area contributed by atoms with E-state index in [4.69, 9.17) is 11.6 Å². The summed E-state index contributed by atoms with van der Waals surface area (Å²) in [7, 11) is -3.07. The maximum Gasteiger partial charge on any atom is 0.227 e. The number of carbonyl (C=O) groups is 1. The molecule has 2 aromatic rings. The zero-order valence-corrected chi connectivity index (χ0v) is 17.8. The van der Waals surface area contributed by atoms with Crippen molar-refractivity contribution in [3.05, 3.63) is 70.2 Å². The van der Waals surface area contributed by atoms with Crippen molar-refractivity contribution < 1.29 is 13.2 Å². The predicted octanol–water partition coefficient (Wildman–Crippen LogP) is 4.22. The lowest BCUT2D eigenvalue weighted by atomic mass is 10.0. The highest BCUT2D eigenvalue weighted by atomic mass is 35.5. The van der Waals surface area contributed by atoms with Gasteiger partial charge in [0.15, 0.2) is 9.84 Å². The number of amides is 1. The Morgan fingerprint density at radius 2 is 1.68 bits per heavy atom. The van der Waals surface area contributed by atoms with Gasteiger partial charge in [0.1, 0.15) is 0 Å². The van der Waals surface area contributed by atoms with Gasteiger partial charge in [0.25, 0.3) is 0 Å². The fourth-order valence-electron chi connectivity index (χ4n) is 3.53. The van der Waals surface area contributed by atoms with E-state index in [1.54, 1.807) is 17.0 Å². The van der Waals surface area contributed by atoms with E-state index in [1.165, 1.54) is 5.56 Å². The first-order valence-corrected chi connectivity index (χ1v) is 11.8. The van der Waals surface area contributed by atoms with Crippen LogP contribution in [-0.4, -0.2) is 36.8 Å². The minimum atomic E-state index is -3.07. The molecule has 0 N–H and O–H groups in total. The van der Waals surface area contributed by atoms with Gasteiger partial charge in [-0.05, 0) is 41.2 Å². The quantitative estimate of drug-likeness (QED) is 0.704. The minimum Gasteiger partial charge on any atom is -0.334 e. The molecule has 0 radical (unpaired) electrons. The number of halogens is 1. The Hall–Kier alpha value is -1.85. The van der Waals surface area contributed by atoms with Gasteiger partial charge in [0.05, 0.1) is 17.9 Å². The van der Waals surface area contributed by atoms with Crippen LogP contribution >= 0.6 is 11.6 Å². The maximum atomic E-state index is 13.1. The fraction of sp³-hybridized carbons (Fsp3) is 0.409. The zero-order chi connectivity index (χ0) is 20.3. The van der Waals surface area contributed by atoms with Gasteiger partial charge >= 0.3 is 0 Å². The van der Waals surface area contributed by atoms with Crippen LogP contribution < -0.4 is 0 Å². The molecular weight excluding hydrogens is 394 g/mol. The molecule has 1 atom stereocenters. The summed E-state index contributed by atoms with van der Waals surface area (Å²) in [5, 5.41) is 0.625.